The minimum atomic E-state index is -0.161. The van der Waals surface area contributed by atoms with Gasteiger partial charge in [0.15, 0.2) is 0 Å². The minimum Gasteiger partial charge on any atom is -0.370 e. The predicted molar refractivity (Wildman–Crippen MR) is 110 cm³/mol. The number of hydrogen-bond donors (Lipinski definition) is 1. The molecular weight excluding hydrogens is 350 g/mol. The zero-order valence-corrected chi connectivity index (χ0v) is 17.3. The second kappa shape index (κ2) is 8.50. The van der Waals surface area contributed by atoms with Crippen LogP contribution in [0.15, 0.2) is 24.4 Å². The van der Waals surface area contributed by atoms with Crippen molar-refractivity contribution in [3.8, 4) is 0 Å². The van der Waals surface area contributed by atoms with Gasteiger partial charge in [0, 0.05) is 37.8 Å². The van der Waals surface area contributed by atoms with E-state index in [0.29, 0.717) is 6.54 Å². The summed E-state index contributed by atoms with van der Waals surface area (Å²) in [6.07, 6.45) is 12.1. The van der Waals surface area contributed by atoms with E-state index in [1.165, 1.54) is 19.3 Å². The van der Waals surface area contributed by atoms with Gasteiger partial charge in [0.1, 0.15) is 0 Å². The van der Waals surface area contributed by atoms with Gasteiger partial charge in [-0.05, 0) is 50.7 Å². The summed E-state index contributed by atoms with van der Waals surface area (Å²) in [5.41, 5.74) is 1.01. The van der Waals surface area contributed by atoms with Crippen LogP contribution in [0.3, 0.4) is 0 Å². The number of carbonyl (C=O) groups excluding carboxylic acids is 1. The van der Waals surface area contributed by atoms with Crippen molar-refractivity contribution >= 4 is 5.91 Å². The molecule has 1 aromatic heterocycles. The number of piperidine rings is 1. The van der Waals surface area contributed by atoms with Gasteiger partial charge in [-0.25, -0.2) is 0 Å². The van der Waals surface area contributed by atoms with Crippen LogP contribution in [0.1, 0.15) is 70.4 Å². The quantitative estimate of drug-likeness (QED) is 0.840. The Balaban J connectivity index is 1.21. The topological polar surface area (TPSA) is 54.5 Å². The van der Waals surface area contributed by atoms with Crippen molar-refractivity contribution in [2.24, 2.45) is 5.41 Å². The molecule has 3 fully saturated rings. The third kappa shape index (κ3) is 4.57. The molecule has 3 heterocycles. The van der Waals surface area contributed by atoms with Gasteiger partial charge in [-0.3, -0.25) is 14.7 Å². The van der Waals surface area contributed by atoms with Crippen molar-refractivity contribution in [2.75, 3.05) is 19.6 Å². The number of hydrogen-bond acceptors (Lipinski definition) is 4. The fraction of sp³-hybridized carbons (Fsp3) is 0.739. The maximum absolute atomic E-state index is 12.7. The maximum Gasteiger partial charge on any atom is 0.226 e. The molecule has 1 N–H and O–H groups in total. The number of aromatic nitrogens is 1. The molecule has 1 atom stereocenters. The number of nitrogens with zero attached hydrogens (tertiary/aromatic N) is 2. The molecule has 154 valence electrons. The molecule has 0 radical (unpaired) electrons. The first-order valence-corrected chi connectivity index (χ1v) is 11.2. The van der Waals surface area contributed by atoms with E-state index in [1.54, 1.807) is 0 Å². The van der Waals surface area contributed by atoms with Gasteiger partial charge in [0.25, 0.3) is 0 Å². The average Bonchev–Trinajstić information content (AvgIpc) is 3.12. The Morgan fingerprint density at radius 3 is 2.68 bits per heavy atom. The highest BCUT2D eigenvalue weighted by Crippen LogP contribution is 2.39. The Labute approximate surface area is 169 Å². The average molecular weight is 386 g/mol. The number of carbonyl (C=O) groups is 1. The summed E-state index contributed by atoms with van der Waals surface area (Å²) in [6.45, 7) is 5.86. The fourth-order valence-corrected chi connectivity index (χ4v) is 5.23. The van der Waals surface area contributed by atoms with E-state index in [2.05, 4.69) is 34.3 Å². The second-order valence-corrected chi connectivity index (χ2v) is 9.39. The molecule has 1 aromatic rings. The van der Waals surface area contributed by atoms with Crippen LogP contribution in [0.25, 0.3) is 0 Å². The molecule has 1 unspecified atom stereocenters. The Morgan fingerprint density at radius 1 is 1.18 bits per heavy atom. The van der Waals surface area contributed by atoms with Crippen molar-refractivity contribution in [3.63, 3.8) is 0 Å². The first-order chi connectivity index (χ1) is 13.6. The second-order valence-electron chi connectivity index (χ2n) is 9.39. The number of amides is 1. The van der Waals surface area contributed by atoms with E-state index >= 15 is 0 Å². The molecule has 2 saturated heterocycles. The highest BCUT2D eigenvalue weighted by Gasteiger charge is 2.43. The van der Waals surface area contributed by atoms with Gasteiger partial charge in [0.05, 0.1) is 17.4 Å². The van der Waals surface area contributed by atoms with Crippen LogP contribution >= 0.6 is 0 Å². The van der Waals surface area contributed by atoms with Crippen LogP contribution < -0.4 is 5.32 Å². The number of ether oxygens (including phenoxy) is 1. The van der Waals surface area contributed by atoms with E-state index in [1.807, 2.05) is 12.3 Å². The van der Waals surface area contributed by atoms with E-state index in [9.17, 15) is 4.79 Å². The van der Waals surface area contributed by atoms with E-state index in [-0.39, 0.29) is 23.0 Å². The Hall–Kier alpha value is -1.46. The summed E-state index contributed by atoms with van der Waals surface area (Å²) < 4.78 is 6.50. The lowest BCUT2D eigenvalue weighted by Gasteiger charge is -2.39. The molecule has 1 saturated carbocycles. The summed E-state index contributed by atoms with van der Waals surface area (Å²) in [7, 11) is 0. The van der Waals surface area contributed by atoms with Gasteiger partial charge < -0.3 is 10.1 Å². The summed E-state index contributed by atoms with van der Waals surface area (Å²) in [5, 5.41) is 3.22. The smallest absolute Gasteiger partial charge is 0.226 e. The van der Waals surface area contributed by atoms with E-state index < -0.39 is 0 Å². The summed E-state index contributed by atoms with van der Waals surface area (Å²) in [4.78, 5) is 19.6. The van der Waals surface area contributed by atoms with Gasteiger partial charge in [-0.2, -0.15) is 0 Å². The highest BCUT2D eigenvalue weighted by atomic mass is 16.5. The third-order valence-electron chi connectivity index (χ3n) is 7.21. The van der Waals surface area contributed by atoms with Gasteiger partial charge in [-0.15, -0.1) is 0 Å². The van der Waals surface area contributed by atoms with Crippen molar-refractivity contribution < 1.29 is 9.53 Å². The zero-order valence-electron chi connectivity index (χ0n) is 17.3. The largest absolute Gasteiger partial charge is 0.370 e. The van der Waals surface area contributed by atoms with E-state index in [0.717, 1.165) is 63.9 Å². The van der Waals surface area contributed by atoms with Crippen LogP contribution in [0.4, 0.5) is 0 Å². The third-order valence-corrected chi connectivity index (χ3v) is 7.21. The lowest BCUT2D eigenvalue weighted by atomic mass is 9.75. The molecule has 5 nitrogen and oxygen atoms in total. The SMILES string of the molecule is CC1(C(=O)NCC2CCC3(CCN(Cc4ccccn4)CC3)O2)CCCCC1. The van der Waals surface area contributed by atoms with Crippen molar-refractivity contribution in [2.45, 2.75) is 83.0 Å². The standard InChI is InChI=1S/C23H35N3O2/c1-22(9-4-2-5-10-22)21(27)25-17-20-8-11-23(28-20)12-15-26(16-13-23)18-19-7-3-6-14-24-19/h3,6-7,14,20H,2,4-5,8-13,15-18H2,1H3,(H,25,27). The molecule has 28 heavy (non-hydrogen) atoms. The van der Waals surface area contributed by atoms with Crippen molar-refractivity contribution in [1.29, 1.82) is 0 Å². The summed E-state index contributed by atoms with van der Waals surface area (Å²) in [6, 6.07) is 6.12. The molecule has 1 aliphatic carbocycles. The van der Waals surface area contributed by atoms with Crippen LogP contribution in [0.2, 0.25) is 0 Å². The first kappa shape index (κ1) is 19.8. The van der Waals surface area contributed by atoms with E-state index in [4.69, 9.17) is 4.74 Å². The highest BCUT2D eigenvalue weighted by molar-refractivity contribution is 5.82. The van der Waals surface area contributed by atoms with Crippen LogP contribution in [-0.4, -0.2) is 47.1 Å². The number of pyridine rings is 1. The van der Waals surface area contributed by atoms with Crippen molar-refractivity contribution in [3.05, 3.63) is 30.1 Å². The minimum absolute atomic E-state index is 0.0325. The Bertz CT molecular complexity index is 649. The predicted octanol–water partition coefficient (Wildman–Crippen LogP) is 3.68. The molecular formula is C23H35N3O2. The lowest BCUT2D eigenvalue weighted by molar-refractivity contribution is -0.133. The molecule has 5 heteroatoms. The lowest BCUT2D eigenvalue weighted by Crippen LogP contribution is -2.46. The first-order valence-electron chi connectivity index (χ1n) is 11.2. The van der Waals surface area contributed by atoms with Gasteiger partial charge in [0.2, 0.25) is 5.91 Å². The van der Waals surface area contributed by atoms with Crippen LogP contribution in [0, 0.1) is 5.41 Å². The summed E-state index contributed by atoms with van der Waals surface area (Å²) in [5.74, 6) is 0.238. The monoisotopic (exact) mass is 385 g/mol. The number of nitrogens with one attached hydrogen (secondary N) is 1. The normalized spacial score (nSPS) is 27.0. The zero-order chi connectivity index (χ0) is 19.5. The van der Waals surface area contributed by atoms with Gasteiger partial charge >= 0.3 is 0 Å². The van der Waals surface area contributed by atoms with Gasteiger partial charge in [-0.1, -0.05) is 32.3 Å². The molecule has 3 aliphatic rings. The Morgan fingerprint density at radius 2 is 1.96 bits per heavy atom. The molecule has 1 amide bonds. The fourth-order valence-electron chi connectivity index (χ4n) is 5.23. The van der Waals surface area contributed by atoms with Crippen molar-refractivity contribution in [1.82, 2.24) is 15.2 Å². The van der Waals surface area contributed by atoms with Crippen LogP contribution in [0.5, 0.6) is 0 Å². The molecule has 0 aromatic carbocycles. The Kier molecular flexibility index (Phi) is 6.02. The molecule has 0 bridgehead atoms. The number of likely N-dealkylation sites (tertiary alicyclic amines) is 1. The van der Waals surface area contributed by atoms with Crippen LogP contribution in [-0.2, 0) is 16.1 Å². The molecule has 2 aliphatic heterocycles. The number of rotatable bonds is 5. The molecule has 1 spiro atoms. The summed E-state index contributed by atoms with van der Waals surface area (Å²) >= 11 is 0. The molecule has 4 rings (SSSR count). The maximum atomic E-state index is 12.7.